The molecule has 92 valence electrons. The van der Waals surface area contributed by atoms with Crippen LogP contribution in [0.5, 0.6) is 0 Å². The summed E-state index contributed by atoms with van der Waals surface area (Å²) in [5.74, 6) is 0.505. The highest BCUT2D eigenvalue weighted by Crippen LogP contribution is 2.14. The highest BCUT2D eigenvalue weighted by Gasteiger charge is 2.01. The number of ether oxygens (including phenoxy) is 1. The Morgan fingerprint density at radius 3 is 3.00 bits per heavy atom. The maximum Gasteiger partial charge on any atom is 0.0929 e. The fourth-order valence-electron chi connectivity index (χ4n) is 1.42. The second-order valence-electron chi connectivity index (χ2n) is 3.60. The third kappa shape index (κ3) is 4.39. The maximum absolute atomic E-state index is 5.70. The van der Waals surface area contributed by atoms with Crippen molar-refractivity contribution in [3.05, 3.63) is 38.5 Å². The average Bonchev–Trinajstić information content (AvgIpc) is 2.99. The molecule has 0 N–H and O–H groups in total. The van der Waals surface area contributed by atoms with Gasteiger partial charge in [0.1, 0.15) is 0 Å². The van der Waals surface area contributed by atoms with Gasteiger partial charge in [0.2, 0.25) is 0 Å². The van der Waals surface area contributed by atoms with Gasteiger partial charge in [0.25, 0.3) is 0 Å². The standard InChI is InChI=1S/C12H14ClNOS2/c13-7-10-9-17-12(14-10)4-1-5-15-8-11-3-2-6-16-11/h2-3,6,9H,1,4-5,7-8H2. The lowest BCUT2D eigenvalue weighted by Crippen LogP contribution is -1.96. The summed E-state index contributed by atoms with van der Waals surface area (Å²) in [6.07, 6.45) is 1.99. The van der Waals surface area contributed by atoms with Crippen LogP contribution in [0.25, 0.3) is 0 Å². The highest BCUT2D eigenvalue weighted by atomic mass is 35.5. The van der Waals surface area contributed by atoms with Crippen LogP contribution in [0.2, 0.25) is 0 Å². The molecule has 0 aliphatic rings. The summed E-state index contributed by atoms with van der Waals surface area (Å²) in [6.45, 7) is 1.51. The average molecular weight is 288 g/mol. The Balaban J connectivity index is 1.60. The van der Waals surface area contributed by atoms with Gasteiger partial charge in [0.05, 0.1) is 23.2 Å². The first-order chi connectivity index (χ1) is 8.38. The largest absolute Gasteiger partial charge is 0.376 e. The number of hydrogen-bond acceptors (Lipinski definition) is 4. The van der Waals surface area contributed by atoms with Gasteiger partial charge < -0.3 is 4.74 Å². The molecular formula is C12H14ClNOS2. The van der Waals surface area contributed by atoms with Crippen molar-refractivity contribution in [1.29, 1.82) is 0 Å². The summed E-state index contributed by atoms with van der Waals surface area (Å²) in [6, 6.07) is 4.14. The molecule has 0 aromatic carbocycles. The summed E-state index contributed by atoms with van der Waals surface area (Å²) in [5, 5.41) is 5.25. The van der Waals surface area contributed by atoms with Crippen molar-refractivity contribution in [2.75, 3.05) is 6.61 Å². The molecule has 0 atom stereocenters. The van der Waals surface area contributed by atoms with Crippen LogP contribution in [-0.4, -0.2) is 11.6 Å². The van der Waals surface area contributed by atoms with Crippen molar-refractivity contribution in [2.24, 2.45) is 0 Å². The van der Waals surface area contributed by atoms with Gasteiger partial charge in [-0.1, -0.05) is 6.07 Å². The lowest BCUT2D eigenvalue weighted by atomic mass is 10.3. The van der Waals surface area contributed by atoms with Crippen LogP contribution in [0.15, 0.2) is 22.9 Å². The summed E-state index contributed by atoms with van der Waals surface area (Å²) in [7, 11) is 0. The second kappa shape index (κ2) is 7.11. The van der Waals surface area contributed by atoms with E-state index in [1.165, 1.54) is 4.88 Å². The van der Waals surface area contributed by atoms with Crippen LogP contribution in [0.4, 0.5) is 0 Å². The number of halogens is 1. The van der Waals surface area contributed by atoms with Crippen LogP contribution >= 0.6 is 34.3 Å². The Kier molecular flexibility index (Phi) is 5.45. The molecule has 0 radical (unpaired) electrons. The molecule has 2 aromatic heterocycles. The molecule has 0 aliphatic carbocycles. The van der Waals surface area contributed by atoms with Gasteiger partial charge in [-0.05, 0) is 17.9 Å². The van der Waals surface area contributed by atoms with Gasteiger partial charge in [0.15, 0.2) is 0 Å². The SMILES string of the molecule is ClCc1csc(CCCOCc2cccs2)n1. The van der Waals surface area contributed by atoms with Crippen LogP contribution in [0.1, 0.15) is 22.0 Å². The third-order valence-corrected chi connectivity index (χ3v) is 4.32. The molecule has 17 heavy (non-hydrogen) atoms. The quantitative estimate of drug-likeness (QED) is 0.565. The first-order valence-corrected chi connectivity index (χ1v) is 7.77. The minimum Gasteiger partial charge on any atom is -0.376 e. The number of thiophene rings is 1. The van der Waals surface area contributed by atoms with Gasteiger partial charge in [-0.15, -0.1) is 34.3 Å². The zero-order chi connectivity index (χ0) is 11.9. The van der Waals surface area contributed by atoms with Crippen molar-refractivity contribution < 1.29 is 4.74 Å². The number of rotatable bonds is 7. The molecule has 2 nitrogen and oxygen atoms in total. The lowest BCUT2D eigenvalue weighted by molar-refractivity contribution is 0.121. The molecule has 0 saturated carbocycles. The molecule has 0 unspecified atom stereocenters. The minimum absolute atomic E-state index is 0.505. The van der Waals surface area contributed by atoms with Crippen molar-refractivity contribution in [3.63, 3.8) is 0 Å². The summed E-state index contributed by atoms with van der Waals surface area (Å²) in [4.78, 5) is 5.69. The number of nitrogens with zero attached hydrogens (tertiary/aromatic N) is 1. The second-order valence-corrected chi connectivity index (χ2v) is 5.84. The fourth-order valence-corrected chi connectivity index (χ4v) is 3.13. The van der Waals surface area contributed by atoms with Crippen LogP contribution in [0.3, 0.4) is 0 Å². The van der Waals surface area contributed by atoms with Gasteiger partial charge in [-0.3, -0.25) is 0 Å². The van der Waals surface area contributed by atoms with Crippen molar-refractivity contribution in [3.8, 4) is 0 Å². The van der Waals surface area contributed by atoms with E-state index in [-0.39, 0.29) is 0 Å². The number of aromatic nitrogens is 1. The number of alkyl halides is 1. The molecule has 2 heterocycles. The van der Waals surface area contributed by atoms with Crippen LogP contribution in [-0.2, 0) is 23.6 Å². The molecule has 2 rings (SSSR count). The van der Waals surface area contributed by atoms with Gasteiger partial charge in [0, 0.05) is 23.3 Å². The Labute approximate surface area is 114 Å². The summed E-state index contributed by atoms with van der Waals surface area (Å²) < 4.78 is 5.59. The Hall–Kier alpha value is -0.420. The third-order valence-electron chi connectivity index (χ3n) is 2.24. The van der Waals surface area contributed by atoms with E-state index in [2.05, 4.69) is 16.4 Å². The predicted octanol–water partition coefficient (Wildman–Crippen LogP) is 4.09. The van der Waals surface area contributed by atoms with Crippen LogP contribution < -0.4 is 0 Å². The Morgan fingerprint density at radius 2 is 2.29 bits per heavy atom. The maximum atomic E-state index is 5.70. The molecule has 0 fully saturated rings. The Morgan fingerprint density at radius 1 is 1.35 bits per heavy atom. The van der Waals surface area contributed by atoms with E-state index in [4.69, 9.17) is 16.3 Å². The molecular weight excluding hydrogens is 274 g/mol. The van der Waals surface area contributed by atoms with E-state index >= 15 is 0 Å². The molecule has 5 heteroatoms. The minimum atomic E-state index is 0.505. The number of thiazole rings is 1. The molecule has 0 saturated heterocycles. The van der Waals surface area contributed by atoms with Gasteiger partial charge in [-0.25, -0.2) is 4.98 Å². The molecule has 0 amide bonds. The van der Waals surface area contributed by atoms with Crippen molar-refractivity contribution in [2.45, 2.75) is 25.3 Å². The van der Waals surface area contributed by atoms with E-state index in [9.17, 15) is 0 Å². The summed E-state index contributed by atoms with van der Waals surface area (Å²) in [5.41, 5.74) is 0.978. The first-order valence-electron chi connectivity index (χ1n) is 5.48. The molecule has 0 aliphatic heterocycles. The van der Waals surface area contributed by atoms with Gasteiger partial charge in [-0.2, -0.15) is 0 Å². The number of hydrogen-bond donors (Lipinski definition) is 0. The van der Waals surface area contributed by atoms with E-state index in [0.29, 0.717) is 5.88 Å². The van der Waals surface area contributed by atoms with E-state index < -0.39 is 0 Å². The van der Waals surface area contributed by atoms with Gasteiger partial charge >= 0.3 is 0 Å². The summed E-state index contributed by atoms with van der Waals surface area (Å²) >= 11 is 9.12. The molecule has 0 spiro atoms. The lowest BCUT2D eigenvalue weighted by Gasteiger charge is -2.01. The van der Waals surface area contributed by atoms with E-state index in [0.717, 1.165) is 36.8 Å². The monoisotopic (exact) mass is 287 g/mol. The topological polar surface area (TPSA) is 22.1 Å². The molecule has 2 aromatic rings. The van der Waals surface area contributed by atoms with Crippen molar-refractivity contribution in [1.82, 2.24) is 4.98 Å². The zero-order valence-corrected chi connectivity index (χ0v) is 11.8. The Bertz CT molecular complexity index is 427. The first kappa shape index (κ1) is 13.0. The predicted molar refractivity (Wildman–Crippen MR) is 74.0 cm³/mol. The van der Waals surface area contributed by atoms with E-state index in [1.807, 2.05) is 11.4 Å². The fraction of sp³-hybridized carbons (Fsp3) is 0.417. The van der Waals surface area contributed by atoms with Crippen molar-refractivity contribution >= 4 is 34.3 Å². The molecule has 0 bridgehead atoms. The normalized spacial score (nSPS) is 10.9. The number of aryl methyl sites for hydroxylation is 1. The van der Waals surface area contributed by atoms with Crippen LogP contribution in [0, 0.1) is 0 Å². The van der Waals surface area contributed by atoms with E-state index in [1.54, 1.807) is 22.7 Å². The zero-order valence-electron chi connectivity index (χ0n) is 9.39. The highest BCUT2D eigenvalue weighted by molar-refractivity contribution is 7.10. The smallest absolute Gasteiger partial charge is 0.0929 e.